The SMILES string of the molecule is CC1C(=O)NC(=O)CN1CC(C(=O)O)c1ccccc1. The third kappa shape index (κ3) is 3.03. The highest BCUT2D eigenvalue weighted by Gasteiger charge is 2.33. The molecule has 1 aliphatic rings. The summed E-state index contributed by atoms with van der Waals surface area (Å²) in [5, 5.41) is 11.6. The Kier molecular flexibility index (Phi) is 4.14. The predicted molar refractivity (Wildman–Crippen MR) is 71.0 cm³/mol. The van der Waals surface area contributed by atoms with Crippen LogP contribution in [0.5, 0.6) is 0 Å². The Morgan fingerprint density at radius 2 is 2.05 bits per heavy atom. The van der Waals surface area contributed by atoms with Gasteiger partial charge in [0.2, 0.25) is 11.8 Å². The zero-order valence-corrected chi connectivity index (χ0v) is 11.1. The van der Waals surface area contributed by atoms with Crippen LogP contribution >= 0.6 is 0 Å². The second kappa shape index (κ2) is 5.83. The number of carboxylic acids is 1. The van der Waals surface area contributed by atoms with Crippen molar-refractivity contribution in [3.63, 3.8) is 0 Å². The first-order chi connectivity index (χ1) is 9.49. The number of rotatable bonds is 4. The molecule has 0 spiro atoms. The number of aliphatic carboxylic acids is 1. The van der Waals surface area contributed by atoms with Crippen molar-refractivity contribution >= 4 is 17.8 Å². The van der Waals surface area contributed by atoms with Crippen LogP contribution in [0.25, 0.3) is 0 Å². The maximum absolute atomic E-state index is 11.6. The maximum atomic E-state index is 11.6. The molecule has 1 aliphatic heterocycles. The van der Waals surface area contributed by atoms with Crippen molar-refractivity contribution in [2.24, 2.45) is 0 Å². The van der Waals surface area contributed by atoms with Gasteiger partial charge >= 0.3 is 5.97 Å². The van der Waals surface area contributed by atoms with Crippen LogP contribution < -0.4 is 5.32 Å². The largest absolute Gasteiger partial charge is 0.481 e. The molecular formula is C14H16N2O4. The van der Waals surface area contributed by atoms with E-state index in [0.717, 1.165) is 0 Å². The predicted octanol–water partition coefficient (Wildman–Crippen LogP) is 0.202. The van der Waals surface area contributed by atoms with Gasteiger partial charge in [0.25, 0.3) is 0 Å². The van der Waals surface area contributed by atoms with Crippen molar-refractivity contribution in [1.29, 1.82) is 0 Å². The highest BCUT2D eigenvalue weighted by molar-refractivity contribution is 6.00. The van der Waals surface area contributed by atoms with Gasteiger partial charge in [-0.25, -0.2) is 0 Å². The lowest BCUT2D eigenvalue weighted by atomic mass is 9.97. The van der Waals surface area contributed by atoms with Gasteiger partial charge in [-0.2, -0.15) is 0 Å². The first-order valence-corrected chi connectivity index (χ1v) is 6.34. The van der Waals surface area contributed by atoms with E-state index in [0.29, 0.717) is 5.56 Å². The summed E-state index contributed by atoms with van der Waals surface area (Å²) in [7, 11) is 0. The fourth-order valence-corrected chi connectivity index (χ4v) is 2.24. The minimum Gasteiger partial charge on any atom is -0.481 e. The van der Waals surface area contributed by atoms with Gasteiger partial charge in [-0.1, -0.05) is 30.3 Å². The molecule has 2 N–H and O–H groups in total. The molecule has 20 heavy (non-hydrogen) atoms. The topological polar surface area (TPSA) is 86.7 Å². The van der Waals surface area contributed by atoms with Crippen molar-refractivity contribution < 1.29 is 19.5 Å². The third-order valence-corrected chi connectivity index (χ3v) is 3.45. The van der Waals surface area contributed by atoms with Gasteiger partial charge in [0.1, 0.15) is 0 Å². The number of carboxylic acid groups (broad SMARTS) is 1. The lowest BCUT2D eigenvalue weighted by Gasteiger charge is -2.33. The summed E-state index contributed by atoms with van der Waals surface area (Å²) in [6.45, 7) is 1.81. The van der Waals surface area contributed by atoms with E-state index >= 15 is 0 Å². The van der Waals surface area contributed by atoms with E-state index in [9.17, 15) is 19.5 Å². The Bertz CT molecular complexity index is 529. The minimum atomic E-state index is -0.971. The molecule has 2 rings (SSSR count). The molecule has 0 aromatic heterocycles. The number of hydrogen-bond acceptors (Lipinski definition) is 4. The molecule has 1 aromatic carbocycles. The third-order valence-electron chi connectivity index (χ3n) is 3.45. The number of benzene rings is 1. The number of amides is 2. The smallest absolute Gasteiger partial charge is 0.312 e. The molecule has 1 saturated heterocycles. The van der Waals surface area contributed by atoms with Crippen LogP contribution in [0.4, 0.5) is 0 Å². The average Bonchev–Trinajstić information content (AvgIpc) is 2.41. The second-order valence-electron chi connectivity index (χ2n) is 4.82. The van der Waals surface area contributed by atoms with E-state index in [-0.39, 0.29) is 13.1 Å². The van der Waals surface area contributed by atoms with Gasteiger partial charge in [0, 0.05) is 6.54 Å². The molecule has 2 atom stereocenters. The van der Waals surface area contributed by atoms with Crippen molar-refractivity contribution in [3.05, 3.63) is 35.9 Å². The van der Waals surface area contributed by atoms with Crippen molar-refractivity contribution in [2.75, 3.05) is 13.1 Å². The number of hydrogen-bond donors (Lipinski definition) is 2. The molecule has 0 radical (unpaired) electrons. The Labute approximate surface area is 116 Å². The molecule has 0 saturated carbocycles. The van der Waals surface area contributed by atoms with Crippen molar-refractivity contribution in [1.82, 2.24) is 10.2 Å². The Hall–Kier alpha value is -2.21. The van der Waals surface area contributed by atoms with E-state index in [2.05, 4.69) is 5.32 Å². The molecule has 1 fully saturated rings. The fourth-order valence-electron chi connectivity index (χ4n) is 2.24. The summed E-state index contributed by atoms with van der Waals surface area (Å²) in [6.07, 6.45) is 0. The van der Waals surface area contributed by atoms with E-state index in [4.69, 9.17) is 0 Å². The van der Waals surface area contributed by atoms with Crippen LogP contribution in [0.3, 0.4) is 0 Å². The number of piperazine rings is 1. The molecule has 0 bridgehead atoms. The lowest BCUT2D eigenvalue weighted by Crippen LogP contribution is -2.57. The van der Waals surface area contributed by atoms with Crippen LogP contribution in [-0.4, -0.2) is 46.9 Å². The molecular weight excluding hydrogens is 260 g/mol. The summed E-state index contributed by atoms with van der Waals surface area (Å²) < 4.78 is 0. The standard InChI is InChI=1S/C14H16N2O4/c1-9-13(18)15-12(17)8-16(9)7-11(14(19)20)10-5-3-2-4-6-10/h2-6,9,11H,7-8H2,1H3,(H,19,20)(H,15,17,18). The number of carbonyl (C=O) groups is 3. The zero-order valence-electron chi connectivity index (χ0n) is 11.1. The fraction of sp³-hybridized carbons (Fsp3) is 0.357. The van der Waals surface area contributed by atoms with E-state index in [1.807, 2.05) is 6.07 Å². The van der Waals surface area contributed by atoms with Crippen LogP contribution in [-0.2, 0) is 14.4 Å². The van der Waals surface area contributed by atoms with Crippen molar-refractivity contribution in [3.8, 4) is 0 Å². The normalized spacial score (nSPS) is 21.4. The molecule has 1 aromatic rings. The second-order valence-corrected chi connectivity index (χ2v) is 4.82. The molecule has 0 aliphatic carbocycles. The average molecular weight is 276 g/mol. The molecule has 106 valence electrons. The Balaban J connectivity index is 2.18. The molecule has 1 heterocycles. The van der Waals surface area contributed by atoms with Gasteiger partial charge in [-0.3, -0.25) is 24.6 Å². The first kappa shape index (κ1) is 14.2. The van der Waals surface area contributed by atoms with Gasteiger partial charge in [0.15, 0.2) is 0 Å². The molecule has 2 unspecified atom stereocenters. The highest BCUT2D eigenvalue weighted by Crippen LogP contribution is 2.19. The Morgan fingerprint density at radius 3 is 2.65 bits per heavy atom. The van der Waals surface area contributed by atoms with Crippen LogP contribution in [0.1, 0.15) is 18.4 Å². The Morgan fingerprint density at radius 1 is 1.40 bits per heavy atom. The number of nitrogens with zero attached hydrogens (tertiary/aromatic N) is 1. The summed E-state index contributed by atoms with van der Waals surface area (Å²) >= 11 is 0. The van der Waals surface area contributed by atoms with Gasteiger partial charge in [-0.05, 0) is 12.5 Å². The van der Waals surface area contributed by atoms with Gasteiger partial charge in [-0.15, -0.1) is 0 Å². The molecule has 6 nitrogen and oxygen atoms in total. The van der Waals surface area contributed by atoms with Gasteiger partial charge < -0.3 is 5.11 Å². The highest BCUT2D eigenvalue weighted by atomic mass is 16.4. The molecule has 2 amide bonds. The summed E-state index contributed by atoms with van der Waals surface area (Å²) in [5.41, 5.74) is 0.658. The van der Waals surface area contributed by atoms with E-state index in [1.54, 1.807) is 36.1 Å². The summed E-state index contributed by atoms with van der Waals surface area (Å²) in [4.78, 5) is 36.0. The minimum absolute atomic E-state index is 0.0313. The van der Waals surface area contributed by atoms with E-state index < -0.39 is 29.7 Å². The summed E-state index contributed by atoms with van der Waals surface area (Å²) in [6, 6.07) is 8.29. The van der Waals surface area contributed by atoms with Crippen molar-refractivity contribution in [2.45, 2.75) is 18.9 Å². The number of imide groups is 1. The van der Waals surface area contributed by atoms with Crippen LogP contribution in [0.15, 0.2) is 30.3 Å². The lowest BCUT2D eigenvalue weighted by molar-refractivity contribution is -0.144. The van der Waals surface area contributed by atoms with Crippen LogP contribution in [0, 0.1) is 0 Å². The van der Waals surface area contributed by atoms with E-state index in [1.165, 1.54) is 0 Å². The summed E-state index contributed by atoms with van der Waals surface area (Å²) in [5.74, 6) is -2.53. The first-order valence-electron chi connectivity index (χ1n) is 6.34. The molecule has 6 heteroatoms. The van der Waals surface area contributed by atoms with Gasteiger partial charge in [0.05, 0.1) is 18.5 Å². The quantitative estimate of drug-likeness (QED) is 0.767. The monoisotopic (exact) mass is 276 g/mol. The zero-order chi connectivity index (χ0) is 14.7. The number of carbonyl (C=O) groups excluding carboxylic acids is 2. The maximum Gasteiger partial charge on any atom is 0.312 e. The van der Waals surface area contributed by atoms with Crippen LogP contribution in [0.2, 0.25) is 0 Å². The number of nitrogens with one attached hydrogen (secondary N) is 1.